The Morgan fingerprint density at radius 2 is 0.729 bits per heavy atom. The van der Waals surface area contributed by atoms with Gasteiger partial charge in [-0.05, 0) is 70.6 Å². The monoisotopic (exact) mass is 1360 g/mol. The molecule has 3 saturated heterocycles. The summed E-state index contributed by atoms with van der Waals surface area (Å²) in [6, 6.07) is -0.988. The van der Waals surface area contributed by atoms with Crippen molar-refractivity contribution in [1.29, 1.82) is 0 Å². The molecule has 17 unspecified atom stereocenters. The number of amides is 1. The summed E-state index contributed by atoms with van der Waals surface area (Å²) in [5.41, 5.74) is 0. The van der Waals surface area contributed by atoms with Gasteiger partial charge in [-0.2, -0.15) is 0 Å². The third-order valence-corrected chi connectivity index (χ3v) is 18.7. The molecule has 0 aliphatic carbocycles. The maximum absolute atomic E-state index is 13.4. The molecule has 96 heavy (non-hydrogen) atoms. The molecule has 3 rings (SSSR count). The van der Waals surface area contributed by atoms with Crippen LogP contribution >= 0.6 is 0 Å². The largest absolute Gasteiger partial charge is 0.394 e. The average Bonchev–Trinajstić information content (AvgIpc) is 0.849. The second kappa shape index (κ2) is 57.8. The van der Waals surface area contributed by atoms with Crippen molar-refractivity contribution in [3.8, 4) is 0 Å². The summed E-state index contributed by atoms with van der Waals surface area (Å²) >= 11 is 0. The van der Waals surface area contributed by atoms with E-state index in [1.165, 1.54) is 180 Å². The van der Waals surface area contributed by atoms with Crippen LogP contribution in [0.1, 0.15) is 277 Å². The van der Waals surface area contributed by atoms with Crippen molar-refractivity contribution >= 4 is 5.91 Å². The summed E-state index contributed by atoms with van der Waals surface area (Å²) in [6.07, 6.45) is 48.1. The van der Waals surface area contributed by atoms with Crippen molar-refractivity contribution in [2.75, 3.05) is 26.4 Å². The minimum Gasteiger partial charge on any atom is -0.394 e. The van der Waals surface area contributed by atoms with Crippen molar-refractivity contribution < 1.29 is 89.4 Å². The van der Waals surface area contributed by atoms with Crippen LogP contribution in [0.5, 0.6) is 0 Å². The summed E-state index contributed by atoms with van der Waals surface area (Å²) in [5, 5.41) is 120. The summed E-state index contributed by atoms with van der Waals surface area (Å²) in [4.78, 5) is 13.4. The number of allylic oxidation sites excluding steroid dienone is 11. The van der Waals surface area contributed by atoms with Gasteiger partial charge in [0.1, 0.15) is 73.2 Å². The highest BCUT2D eigenvalue weighted by Crippen LogP contribution is 2.33. The van der Waals surface area contributed by atoms with Crippen molar-refractivity contribution in [1.82, 2.24) is 5.32 Å². The Morgan fingerprint density at radius 1 is 0.385 bits per heavy atom. The third-order valence-electron chi connectivity index (χ3n) is 18.7. The molecule has 3 heterocycles. The van der Waals surface area contributed by atoms with Crippen molar-refractivity contribution in [2.45, 2.75) is 381 Å². The van der Waals surface area contributed by atoms with Gasteiger partial charge in [0, 0.05) is 6.42 Å². The van der Waals surface area contributed by atoms with Crippen LogP contribution in [0.2, 0.25) is 0 Å². The molecule has 0 aromatic rings. The molecule has 0 radical (unpaired) electrons. The first-order valence-corrected chi connectivity index (χ1v) is 38.2. The van der Waals surface area contributed by atoms with E-state index in [9.17, 15) is 61.0 Å². The Bertz CT molecular complexity index is 2020. The first kappa shape index (κ1) is 87.4. The fourth-order valence-electron chi connectivity index (χ4n) is 12.6. The minimum atomic E-state index is -1.98. The Hall–Kier alpha value is -2.77. The van der Waals surface area contributed by atoms with Gasteiger partial charge in [0.15, 0.2) is 18.9 Å². The fourth-order valence-corrected chi connectivity index (χ4v) is 12.6. The van der Waals surface area contributed by atoms with Crippen LogP contribution in [0, 0.1) is 0 Å². The number of unbranched alkanes of at least 4 members (excludes halogenated alkanes) is 33. The molecule has 19 heteroatoms. The van der Waals surface area contributed by atoms with Crippen LogP contribution in [0.15, 0.2) is 72.9 Å². The van der Waals surface area contributed by atoms with Gasteiger partial charge in [0.05, 0.1) is 38.6 Å². The standard InChI is InChI=1S/C77H137NO18/c1-3-5-7-9-11-13-15-16-17-18-19-20-21-22-23-24-25-26-27-28-29-30-31-32-33-34-35-36-37-38-39-40-41-42-43-44-45-47-49-51-53-55-65(83)78-60(61(82)54-52-50-48-46-14-12-10-8-6-4-2)59-91-75-71(89)68(86)73(63(57-80)93-75)96-77-72(90)69(87)74(64(58-81)94-77)95-76-70(88)67(85)66(84)62(56-79)92-76/h5,7,11,13-14,16-17,19-20,46,52,54,60-64,66-77,79-82,84-90H,3-4,6,8-10,12,15,18,21-45,47-51,53,55-59H2,1-2H3,(H,78,83)/b7-5-,13-11-,17-16-,20-19-,46-14+,54-52+. The predicted molar refractivity (Wildman–Crippen MR) is 378 cm³/mol. The molecule has 0 saturated carbocycles. The van der Waals surface area contributed by atoms with Gasteiger partial charge in [-0.3, -0.25) is 4.79 Å². The van der Waals surface area contributed by atoms with Gasteiger partial charge in [0.2, 0.25) is 5.91 Å². The smallest absolute Gasteiger partial charge is 0.220 e. The number of aliphatic hydroxyl groups excluding tert-OH is 11. The van der Waals surface area contributed by atoms with Gasteiger partial charge < -0.3 is 89.9 Å². The van der Waals surface area contributed by atoms with Crippen molar-refractivity contribution in [3.63, 3.8) is 0 Å². The Labute approximate surface area is 578 Å². The Kier molecular flexibility index (Phi) is 52.7. The lowest BCUT2D eigenvalue weighted by Crippen LogP contribution is -2.66. The topological polar surface area (TPSA) is 307 Å². The van der Waals surface area contributed by atoms with Crippen LogP contribution in [-0.4, -0.2) is 193 Å². The second-order valence-corrected chi connectivity index (χ2v) is 27.1. The van der Waals surface area contributed by atoms with Crippen LogP contribution in [-0.2, 0) is 33.2 Å². The van der Waals surface area contributed by atoms with Gasteiger partial charge >= 0.3 is 0 Å². The highest BCUT2D eigenvalue weighted by molar-refractivity contribution is 5.76. The molecule has 0 bridgehead atoms. The lowest BCUT2D eigenvalue weighted by Gasteiger charge is -2.48. The number of carbonyl (C=O) groups is 1. The van der Waals surface area contributed by atoms with Gasteiger partial charge in [-0.25, -0.2) is 0 Å². The van der Waals surface area contributed by atoms with Gasteiger partial charge in [-0.1, -0.05) is 273 Å². The van der Waals surface area contributed by atoms with Crippen molar-refractivity contribution in [2.24, 2.45) is 0 Å². The molecule has 17 atom stereocenters. The van der Waals surface area contributed by atoms with E-state index in [-0.39, 0.29) is 18.9 Å². The van der Waals surface area contributed by atoms with Gasteiger partial charge in [0.25, 0.3) is 0 Å². The van der Waals surface area contributed by atoms with Crippen molar-refractivity contribution in [3.05, 3.63) is 72.9 Å². The number of aliphatic hydroxyl groups is 11. The van der Waals surface area contributed by atoms with E-state index < -0.39 is 124 Å². The van der Waals surface area contributed by atoms with E-state index in [1.807, 2.05) is 6.08 Å². The molecule has 558 valence electrons. The third kappa shape index (κ3) is 38.3. The summed E-state index contributed by atoms with van der Waals surface area (Å²) in [6.45, 7) is 1.56. The van der Waals surface area contributed by atoms with Gasteiger partial charge in [-0.15, -0.1) is 0 Å². The number of ether oxygens (including phenoxy) is 6. The zero-order valence-electron chi connectivity index (χ0n) is 59.3. The lowest BCUT2D eigenvalue weighted by atomic mass is 9.96. The average molecular weight is 1360 g/mol. The summed E-state index contributed by atoms with van der Waals surface area (Å²) in [5.74, 6) is -0.285. The summed E-state index contributed by atoms with van der Waals surface area (Å²) < 4.78 is 34.3. The van der Waals surface area contributed by atoms with E-state index >= 15 is 0 Å². The lowest BCUT2D eigenvalue weighted by molar-refractivity contribution is -0.379. The fraction of sp³-hybridized carbons (Fsp3) is 0.831. The molecule has 1 amide bonds. The normalized spacial score (nSPS) is 27.4. The number of nitrogens with one attached hydrogen (secondary N) is 1. The van der Waals surface area contributed by atoms with Crippen LogP contribution < -0.4 is 5.32 Å². The number of hydrogen-bond donors (Lipinski definition) is 12. The van der Waals surface area contributed by atoms with Crippen LogP contribution in [0.3, 0.4) is 0 Å². The van der Waals surface area contributed by atoms with E-state index in [1.54, 1.807) is 6.08 Å². The number of rotatable bonds is 59. The molecule has 0 aromatic heterocycles. The molecular formula is C77H137NO18. The molecule has 3 aliphatic rings. The van der Waals surface area contributed by atoms with Crippen LogP contribution in [0.25, 0.3) is 0 Å². The Balaban J connectivity index is 1.25. The first-order chi connectivity index (χ1) is 46.8. The predicted octanol–water partition coefficient (Wildman–Crippen LogP) is 11.7. The molecule has 12 N–H and O–H groups in total. The molecule has 0 aromatic carbocycles. The summed E-state index contributed by atoms with van der Waals surface area (Å²) in [7, 11) is 0. The van der Waals surface area contributed by atoms with E-state index in [4.69, 9.17) is 28.4 Å². The maximum atomic E-state index is 13.4. The van der Waals surface area contributed by atoms with E-state index in [0.29, 0.717) is 12.8 Å². The number of carbonyl (C=O) groups excluding carboxylic acids is 1. The Morgan fingerprint density at radius 3 is 1.17 bits per heavy atom. The second-order valence-electron chi connectivity index (χ2n) is 27.1. The molecule has 3 aliphatic heterocycles. The quantitative estimate of drug-likeness (QED) is 0.0199. The zero-order chi connectivity index (χ0) is 69.6. The minimum absolute atomic E-state index is 0.237. The zero-order valence-corrected chi connectivity index (χ0v) is 59.3. The molecule has 3 fully saturated rings. The number of hydrogen-bond acceptors (Lipinski definition) is 18. The van der Waals surface area contributed by atoms with E-state index in [0.717, 1.165) is 64.2 Å². The molecular weight excluding hydrogens is 1230 g/mol. The molecule has 19 nitrogen and oxygen atoms in total. The highest BCUT2D eigenvalue weighted by Gasteiger charge is 2.53. The van der Waals surface area contributed by atoms with E-state index in [2.05, 4.69) is 79.9 Å². The maximum Gasteiger partial charge on any atom is 0.220 e. The van der Waals surface area contributed by atoms with Crippen LogP contribution in [0.4, 0.5) is 0 Å². The molecule has 0 spiro atoms. The first-order valence-electron chi connectivity index (χ1n) is 38.2. The highest BCUT2D eigenvalue weighted by atomic mass is 16.8. The SMILES string of the molecule is CC/C=C\C/C=C\C/C=C\C/C=C\CCCCCCCCCCCCCCCCCCCCCCCCCCCCCCC(=O)NC(COC1OC(CO)C(OC2OC(CO)C(OC3OC(CO)C(O)C(O)C3O)C(O)C2O)C(O)C1O)C(O)/C=C/CC/C=C/CCCCCC.